The molecule has 0 spiro atoms. The van der Waals surface area contributed by atoms with Crippen molar-refractivity contribution in [1.29, 1.82) is 0 Å². The summed E-state index contributed by atoms with van der Waals surface area (Å²) in [6, 6.07) is 38.2. The lowest BCUT2D eigenvalue weighted by molar-refractivity contribution is 0.216. The summed E-state index contributed by atoms with van der Waals surface area (Å²) in [6.07, 6.45) is 7.90. The lowest BCUT2D eigenvalue weighted by Gasteiger charge is -2.43. The molecular weight excluding hydrogens is 486 g/mol. The molecule has 0 amide bonds. The zero-order valence-electron chi connectivity index (χ0n) is 22.0. The summed E-state index contributed by atoms with van der Waals surface area (Å²) in [4.78, 5) is 0. The van der Waals surface area contributed by atoms with Crippen LogP contribution in [-0.4, -0.2) is 8.07 Å². The molecule has 4 aromatic carbocycles. The van der Waals surface area contributed by atoms with E-state index in [1.807, 2.05) is 0 Å². The second-order valence-corrected chi connectivity index (χ2v) is 15.8. The molecule has 0 N–H and O–H groups in total. The van der Waals surface area contributed by atoms with E-state index >= 15 is 0 Å². The van der Waals surface area contributed by atoms with E-state index in [0.29, 0.717) is 5.92 Å². The SMILES string of the molecule is Fc1ccc(-c2ccc([C@H]3CC[C@H](C4CC[Si](c5ccccc5)(c5ccccc5)CC4)CC3)cc2)cc1F. The van der Waals surface area contributed by atoms with Crippen LogP contribution in [-0.2, 0) is 0 Å². The van der Waals surface area contributed by atoms with Gasteiger partial charge in [-0.1, -0.05) is 114 Å². The van der Waals surface area contributed by atoms with Crippen molar-refractivity contribution in [3.05, 3.63) is 120 Å². The molecule has 0 atom stereocenters. The van der Waals surface area contributed by atoms with Crippen LogP contribution in [0.4, 0.5) is 8.78 Å². The van der Waals surface area contributed by atoms with Gasteiger partial charge in [-0.2, -0.15) is 0 Å². The molecule has 2 aliphatic rings. The van der Waals surface area contributed by atoms with Gasteiger partial charge in [0.05, 0.1) is 0 Å². The summed E-state index contributed by atoms with van der Waals surface area (Å²) in [5.74, 6) is 0.732. The third-order valence-electron chi connectivity index (χ3n) is 9.61. The van der Waals surface area contributed by atoms with Gasteiger partial charge in [-0.25, -0.2) is 8.78 Å². The number of benzene rings is 4. The van der Waals surface area contributed by atoms with Crippen LogP contribution in [0.15, 0.2) is 103 Å². The molecule has 194 valence electrons. The van der Waals surface area contributed by atoms with Crippen molar-refractivity contribution in [2.75, 3.05) is 0 Å². The van der Waals surface area contributed by atoms with E-state index in [0.717, 1.165) is 23.0 Å². The summed E-state index contributed by atoms with van der Waals surface area (Å²) < 4.78 is 27.0. The van der Waals surface area contributed by atoms with E-state index in [1.165, 1.54) is 68.3 Å². The molecule has 4 aromatic rings. The van der Waals surface area contributed by atoms with Gasteiger partial charge < -0.3 is 0 Å². The average Bonchev–Trinajstić information content (AvgIpc) is 3.00. The highest BCUT2D eigenvalue weighted by molar-refractivity contribution is 7.02. The number of rotatable bonds is 5. The molecule has 1 heterocycles. The van der Waals surface area contributed by atoms with Crippen molar-refractivity contribution in [3.63, 3.8) is 0 Å². The van der Waals surface area contributed by atoms with Gasteiger partial charge in [0.2, 0.25) is 0 Å². The molecule has 6 rings (SSSR count). The van der Waals surface area contributed by atoms with Crippen LogP contribution in [0.5, 0.6) is 0 Å². The van der Waals surface area contributed by atoms with Gasteiger partial charge >= 0.3 is 0 Å². The third-order valence-corrected chi connectivity index (χ3v) is 14.8. The first-order valence-corrected chi connectivity index (χ1v) is 16.7. The van der Waals surface area contributed by atoms with Crippen molar-refractivity contribution in [2.24, 2.45) is 11.8 Å². The van der Waals surface area contributed by atoms with Crippen molar-refractivity contribution < 1.29 is 8.78 Å². The summed E-state index contributed by atoms with van der Waals surface area (Å²) in [5.41, 5.74) is 3.05. The Bertz CT molecular complexity index is 1290. The minimum absolute atomic E-state index is 0.607. The summed E-state index contributed by atoms with van der Waals surface area (Å²) >= 11 is 0. The van der Waals surface area contributed by atoms with Gasteiger partial charge in [-0.05, 0) is 84.3 Å². The molecule has 1 saturated heterocycles. The maximum atomic E-state index is 13.7. The van der Waals surface area contributed by atoms with Crippen molar-refractivity contribution in [2.45, 2.75) is 56.5 Å². The largest absolute Gasteiger partial charge is 0.204 e. The molecule has 2 fully saturated rings. The summed E-state index contributed by atoms with van der Waals surface area (Å²) in [7, 11) is -1.69. The Kier molecular flexibility index (Phi) is 7.30. The highest BCUT2D eigenvalue weighted by atomic mass is 28.3. The Morgan fingerprint density at radius 1 is 0.500 bits per heavy atom. The van der Waals surface area contributed by atoms with Crippen molar-refractivity contribution >= 4 is 18.4 Å². The first-order chi connectivity index (χ1) is 18.6. The van der Waals surface area contributed by atoms with Gasteiger partial charge in [-0.3, -0.25) is 0 Å². The van der Waals surface area contributed by atoms with E-state index in [9.17, 15) is 8.78 Å². The van der Waals surface area contributed by atoms with Crippen LogP contribution in [0.3, 0.4) is 0 Å². The maximum absolute atomic E-state index is 13.7. The predicted octanol–water partition coefficient (Wildman–Crippen LogP) is 8.58. The maximum Gasteiger partial charge on any atom is 0.159 e. The second-order valence-electron chi connectivity index (χ2n) is 11.5. The molecule has 0 unspecified atom stereocenters. The van der Waals surface area contributed by atoms with Gasteiger partial charge in [0.15, 0.2) is 11.6 Å². The molecule has 1 aliphatic heterocycles. The smallest absolute Gasteiger partial charge is 0.159 e. The minimum Gasteiger partial charge on any atom is -0.204 e. The first-order valence-electron chi connectivity index (χ1n) is 14.3. The van der Waals surface area contributed by atoms with Crippen LogP contribution in [0.2, 0.25) is 12.1 Å². The zero-order valence-corrected chi connectivity index (χ0v) is 23.0. The average molecular weight is 523 g/mol. The molecule has 38 heavy (non-hydrogen) atoms. The fraction of sp³-hybridized carbons (Fsp3) is 0.314. The molecule has 1 aliphatic carbocycles. The topological polar surface area (TPSA) is 0 Å². The van der Waals surface area contributed by atoms with E-state index in [4.69, 9.17) is 0 Å². The number of halogens is 2. The van der Waals surface area contributed by atoms with Crippen molar-refractivity contribution in [1.82, 2.24) is 0 Å². The quantitative estimate of drug-likeness (QED) is 0.230. The molecule has 1 saturated carbocycles. The van der Waals surface area contributed by atoms with Crippen LogP contribution in [0, 0.1) is 23.5 Å². The van der Waals surface area contributed by atoms with Gasteiger partial charge in [-0.15, -0.1) is 0 Å². The standard InChI is InChI=1S/C35H36F2Si/c36-34-20-19-31(25-35(34)37)29-17-15-27(16-18-29)26-11-13-28(14-12-26)30-21-23-38(24-22-30,32-7-3-1-4-8-32)33-9-5-2-6-10-33/h1-10,15-20,25-26,28,30H,11-14,21-24H2/t26-,28-. The molecule has 0 bridgehead atoms. The van der Waals surface area contributed by atoms with E-state index in [-0.39, 0.29) is 0 Å². The number of hydrogen-bond donors (Lipinski definition) is 0. The highest BCUT2D eigenvalue weighted by Crippen LogP contribution is 2.45. The Balaban J connectivity index is 1.09. The van der Waals surface area contributed by atoms with Crippen LogP contribution in [0.1, 0.15) is 50.0 Å². The molecule has 0 nitrogen and oxygen atoms in total. The molecule has 0 radical (unpaired) electrons. The number of hydrogen-bond acceptors (Lipinski definition) is 0. The molecule has 0 aromatic heterocycles. The Hall–Kier alpha value is -3.04. The normalized spacial score (nSPS) is 21.7. The minimum atomic E-state index is -1.69. The zero-order chi connectivity index (χ0) is 26.0. The fourth-order valence-electron chi connectivity index (χ4n) is 7.41. The lowest BCUT2D eigenvalue weighted by Crippen LogP contribution is -2.60. The Morgan fingerprint density at radius 2 is 1.03 bits per heavy atom. The van der Waals surface area contributed by atoms with E-state index in [1.54, 1.807) is 16.4 Å². The van der Waals surface area contributed by atoms with Gasteiger partial charge in [0.1, 0.15) is 8.07 Å². The second kappa shape index (κ2) is 11.0. The van der Waals surface area contributed by atoms with E-state index in [2.05, 4.69) is 84.9 Å². The van der Waals surface area contributed by atoms with Crippen LogP contribution in [0.25, 0.3) is 11.1 Å². The lowest BCUT2D eigenvalue weighted by atomic mass is 9.72. The summed E-state index contributed by atoms with van der Waals surface area (Å²) in [5, 5.41) is 3.22. The molecule has 3 heteroatoms. The fourth-order valence-corrected chi connectivity index (χ4v) is 12.5. The van der Waals surface area contributed by atoms with Gasteiger partial charge in [0.25, 0.3) is 0 Å². The first kappa shape index (κ1) is 25.2. The van der Waals surface area contributed by atoms with Crippen LogP contribution >= 0.6 is 0 Å². The van der Waals surface area contributed by atoms with Gasteiger partial charge in [0, 0.05) is 0 Å². The monoisotopic (exact) mass is 522 g/mol. The summed E-state index contributed by atoms with van der Waals surface area (Å²) in [6.45, 7) is 0. The van der Waals surface area contributed by atoms with Crippen LogP contribution < -0.4 is 10.4 Å². The Labute approximate surface area is 226 Å². The van der Waals surface area contributed by atoms with Crippen molar-refractivity contribution in [3.8, 4) is 11.1 Å². The third kappa shape index (κ3) is 5.01. The molecular formula is C35H36F2Si. The predicted molar refractivity (Wildman–Crippen MR) is 157 cm³/mol. The Morgan fingerprint density at radius 3 is 1.58 bits per heavy atom. The highest BCUT2D eigenvalue weighted by Gasteiger charge is 2.42. The van der Waals surface area contributed by atoms with E-state index < -0.39 is 19.7 Å².